The molecule has 100 valence electrons. The molecule has 0 aliphatic rings. The van der Waals surface area contributed by atoms with E-state index in [0.29, 0.717) is 0 Å². The minimum Gasteiger partial charge on any atom is -0.496 e. The molecule has 0 atom stereocenters. The second-order valence-corrected chi connectivity index (χ2v) is 4.95. The summed E-state index contributed by atoms with van der Waals surface area (Å²) in [5.41, 5.74) is 4.70. The minimum atomic E-state index is 0.763. The van der Waals surface area contributed by atoms with Crippen LogP contribution in [0.1, 0.15) is 11.1 Å². The molecular weight excluding hydrogens is 258 g/mol. The number of methoxy groups -OCH3 is 1. The van der Waals surface area contributed by atoms with Gasteiger partial charge in [-0.15, -0.1) is 0 Å². The molecule has 2 aromatic carbocycles. The van der Waals surface area contributed by atoms with Crippen LogP contribution in [-0.4, -0.2) is 14.2 Å². The van der Waals surface area contributed by atoms with Crippen LogP contribution >= 0.6 is 11.6 Å². The van der Waals surface area contributed by atoms with E-state index in [1.165, 1.54) is 16.7 Å². The van der Waals surface area contributed by atoms with Crippen LogP contribution in [0.4, 0.5) is 0 Å². The summed E-state index contributed by atoms with van der Waals surface area (Å²) in [6, 6.07) is 12.2. The van der Waals surface area contributed by atoms with Crippen molar-refractivity contribution in [3.05, 3.63) is 52.5 Å². The fourth-order valence-corrected chi connectivity index (χ4v) is 2.42. The molecule has 0 saturated carbocycles. The lowest BCUT2D eigenvalue weighted by Crippen LogP contribution is -2.06. The van der Waals surface area contributed by atoms with Gasteiger partial charge in [0.1, 0.15) is 5.75 Å². The fourth-order valence-electron chi connectivity index (χ4n) is 2.23. The largest absolute Gasteiger partial charge is 0.496 e. The van der Waals surface area contributed by atoms with Gasteiger partial charge in [-0.1, -0.05) is 23.7 Å². The average molecular weight is 276 g/mol. The predicted octanol–water partition coefficient (Wildman–Crippen LogP) is 4.04. The Morgan fingerprint density at radius 1 is 1.16 bits per heavy atom. The molecule has 0 aliphatic heterocycles. The summed E-state index contributed by atoms with van der Waals surface area (Å²) in [4.78, 5) is 0. The molecule has 2 aromatic rings. The van der Waals surface area contributed by atoms with E-state index in [-0.39, 0.29) is 0 Å². The molecule has 1 N–H and O–H groups in total. The van der Waals surface area contributed by atoms with E-state index in [0.717, 1.165) is 22.9 Å². The van der Waals surface area contributed by atoms with E-state index in [2.05, 4.69) is 30.4 Å². The second-order valence-electron chi connectivity index (χ2n) is 4.52. The van der Waals surface area contributed by atoms with Crippen LogP contribution in [0.5, 0.6) is 5.75 Å². The summed E-state index contributed by atoms with van der Waals surface area (Å²) in [5.74, 6) is 0.910. The molecule has 0 aromatic heterocycles. The van der Waals surface area contributed by atoms with Gasteiger partial charge in [-0.2, -0.15) is 0 Å². The Hall–Kier alpha value is -1.51. The molecule has 0 saturated heterocycles. The SMILES string of the molecule is CNCc1cc(Cl)ccc1-c1ccc(OC)c(C)c1. The van der Waals surface area contributed by atoms with Crippen molar-refractivity contribution in [2.24, 2.45) is 0 Å². The number of ether oxygens (including phenoxy) is 1. The Morgan fingerprint density at radius 3 is 2.58 bits per heavy atom. The summed E-state index contributed by atoms with van der Waals surface area (Å²) in [7, 11) is 3.63. The van der Waals surface area contributed by atoms with Gasteiger partial charge in [-0.25, -0.2) is 0 Å². The molecule has 3 heteroatoms. The van der Waals surface area contributed by atoms with Crippen LogP contribution in [0.3, 0.4) is 0 Å². The highest BCUT2D eigenvalue weighted by atomic mass is 35.5. The fraction of sp³-hybridized carbons (Fsp3) is 0.250. The van der Waals surface area contributed by atoms with E-state index in [9.17, 15) is 0 Å². The van der Waals surface area contributed by atoms with Gasteiger partial charge >= 0.3 is 0 Å². The number of hydrogen-bond acceptors (Lipinski definition) is 2. The van der Waals surface area contributed by atoms with Crippen molar-refractivity contribution in [3.8, 4) is 16.9 Å². The third-order valence-corrected chi connectivity index (χ3v) is 3.38. The van der Waals surface area contributed by atoms with Crippen molar-refractivity contribution in [1.29, 1.82) is 0 Å². The summed E-state index contributed by atoms with van der Waals surface area (Å²) < 4.78 is 5.30. The van der Waals surface area contributed by atoms with Crippen molar-refractivity contribution >= 4 is 11.6 Å². The van der Waals surface area contributed by atoms with Crippen molar-refractivity contribution in [1.82, 2.24) is 5.32 Å². The lowest BCUT2D eigenvalue weighted by Gasteiger charge is -2.12. The maximum atomic E-state index is 6.07. The van der Waals surface area contributed by atoms with Crippen molar-refractivity contribution in [2.75, 3.05) is 14.2 Å². The Balaban J connectivity index is 2.48. The van der Waals surface area contributed by atoms with Gasteiger partial charge in [-0.05, 0) is 60.5 Å². The van der Waals surface area contributed by atoms with E-state index in [4.69, 9.17) is 16.3 Å². The zero-order chi connectivity index (χ0) is 13.8. The van der Waals surface area contributed by atoms with E-state index >= 15 is 0 Å². The van der Waals surface area contributed by atoms with Crippen LogP contribution < -0.4 is 10.1 Å². The smallest absolute Gasteiger partial charge is 0.121 e. The van der Waals surface area contributed by atoms with Crippen LogP contribution in [0.15, 0.2) is 36.4 Å². The molecule has 2 nitrogen and oxygen atoms in total. The van der Waals surface area contributed by atoms with Crippen molar-refractivity contribution in [2.45, 2.75) is 13.5 Å². The molecular formula is C16H18ClNO. The maximum Gasteiger partial charge on any atom is 0.121 e. The third-order valence-electron chi connectivity index (χ3n) is 3.14. The van der Waals surface area contributed by atoms with Gasteiger partial charge in [-0.3, -0.25) is 0 Å². The molecule has 19 heavy (non-hydrogen) atoms. The second kappa shape index (κ2) is 6.09. The number of halogens is 1. The third kappa shape index (κ3) is 3.09. The van der Waals surface area contributed by atoms with E-state index in [1.54, 1.807) is 7.11 Å². The molecule has 0 heterocycles. The number of hydrogen-bond donors (Lipinski definition) is 1. The molecule has 0 aliphatic carbocycles. The number of benzene rings is 2. The zero-order valence-electron chi connectivity index (χ0n) is 11.5. The molecule has 0 spiro atoms. The predicted molar refractivity (Wildman–Crippen MR) is 80.9 cm³/mol. The van der Waals surface area contributed by atoms with Gasteiger partial charge in [0.15, 0.2) is 0 Å². The summed E-state index contributed by atoms with van der Waals surface area (Å²) in [6.07, 6.45) is 0. The summed E-state index contributed by atoms with van der Waals surface area (Å²) >= 11 is 6.07. The zero-order valence-corrected chi connectivity index (χ0v) is 12.2. The van der Waals surface area contributed by atoms with Gasteiger partial charge < -0.3 is 10.1 Å². The first-order chi connectivity index (χ1) is 9.15. The highest BCUT2D eigenvalue weighted by Gasteiger charge is 2.07. The van der Waals surface area contributed by atoms with Crippen molar-refractivity contribution < 1.29 is 4.74 Å². The average Bonchev–Trinajstić information content (AvgIpc) is 2.39. The van der Waals surface area contributed by atoms with Crippen LogP contribution in [0, 0.1) is 6.92 Å². The first kappa shape index (κ1) is 13.9. The van der Waals surface area contributed by atoms with Crippen LogP contribution in [-0.2, 0) is 6.54 Å². The van der Waals surface area contributed by atoms with Crippen LogP contribution in [0.2, 0.25) is 5.02 Å². The molecule has 0 unspecified atom stereocenters. The molecule has 0 radical (unpaired) electrons. The Kier molecular flexibility index (Phi) is 4.46. The standard InChI is InChI=1S/C16H18ClNO/c1-11-8-12(4-7-16(11)19-3)15-6-5-14(17)9-13(15)10-18-2/h4-9,18H,10H2,1-3H3. The minimum absolute atomic E-state index is 0.763. The van der Waals surface area contributed by atoms with Gasteiger partial charge in [0.05, 0.1) is 7.11 Å². The Labute approximate surface area is 119 Å². The monoisotopic (exact) mass is 275 g/mol. The summed E-state index contributed by atoms with van der Waals surface area (Å²) in [6.45, 7) is 2.84. The first-order valence-electron chi connectivity index (χ1n) is 6.23. The topological polar surface area (TPSA) is 21.3 Å². The Morgan fingerprint density at radius 2 is 1.95 bits per heavy atom. The lowest BCUT2D eigenvalue weighted by atomic mass is 9.98. The number of nitrogens with one attached hydrogen (secondary N) is 1. The van der Waals surface area contributed by atoms with E-state index in [1.807, 2.05) is 25.2 Å². The number of aryl methyl sites for hydroxylation is 1. The first-order valence-corrected chi connectivity index (χ1v) is 6.61. The number of rotatable bonds is 4. The quantitative estimate of drug-likeness (QED) is 0.909. The van der Waals surface area contributed by atoms with E-state index < -0.39 is 0 Å². The van der Waals surface area contributed by atoms with Gasteiger partial charge in [0.25, 0.3) is 0 Å². The highest BCUT2D eigenvalue weighted by molar-refractivity contribution is 6.30. The van der Waals surface area contributed by atoms with Crippen molar-refractivity contribution in [3.63, 3.8) is 0 Å². The van der Waals surface area contributed by atoms with Gasteiger partial charge in [0.2, 0.25) is 0 Å². The molecule has 0 bridgehead atoms. The summed E-state index contributed by atoms with van der Waals surface area (Å²) in [5, 5.41) is 3.94. The molecule has 0 amide bonds. The lowest BCUT2D eigenvalue weighted by molar-refractivity contribution is 0.412. The highest BCUT2D eigenvalue weighted by Crippen LogP contribution is 2.30. The van der Waals surface area contributed by atoms with Gasteiger partial charge in [0, 0.05) is 11.6 Å². The Bertz CT molecular complexity index is 581. The maximum absolute atomic E-state index is 6.07. The molecule has 2 rings (SSSR count). The molecule has 0 fully saturated rings. The van der Waals surface area contributed by atoms with Crippen LogP contribution in [0.25, 0.3) is 11.1 Å². The normalized spacial score (nSPS) is 10.5.